The quantitative estimate of drug-likeness (QED) is 0.640. The highest BCUT2D eigenvalue weighted by atomic mass is 16.5. The van der Waals surface area contributed by atoms with E-state index in [2.05, 4.69) is 28.7 Å². The van der Waals surface area contributed by atoms with Gasteiger partial charge in [0.15, 0.2) is 0 Å². The van der Waals surface area contributed by atoms with E-state index in [4.69, 9.17) is 4.74 Å². The Hall–Kier alpha value is -3.39. The van der Waals surface area contributed by atoms with Crippen molar-refractivity contribution in [2.75, 3.05) is 55.6 Å². The Morgan fingerprint density at radius 3 is 2.43 bits per heavy atom. The van der Waals surface area contributed by atoms with E-state index in [-0.39, 0.29) is 11.6 Å². The van der Waals surface area contributed by atoms with Crippen LogP contribution in [0.2, 0.25) is 0 Å². The molecule has 0 unspecified atom stereocenters. The Labute approximate surface area is 207 Å². The van der Waals surface area contributed by atoms with Crippen molar-refractivity contribution in [2.45, 2.75) is 32.7 Å². The third kappa shape index (κ3) is 5.32. The second-order valence-electron chi connectivity index (χ2n) is 9.65. The van der Waals surface area contributed by atoms with E-state index in [1.165, 1.54) is 0 Å². The van der Waals surface area contributed by atoms with Gasteiger partial charge in [-0.15, -0.1) is 0 Å². The number of carbonyl (C=O) groups is 1. The van der Waals surface area contributed by atoms with Gasteiger partial charge < -0.3 is 24.5 Å². The number of rotatable bonds is 7. The summed E-state index contributed by atoms with van der Waals surface area (Å²) < 4.78 is 5.47. The van der Waals surface area contributed by atoms with Gasteiger partial charge in [-0.3, -0.25) is 0 Å². The van der Waals surface area contributed by atoms with Crippen molar-refractivity contribution in [1.82, 2.24) is 9.97 Å². The standard InChI is InChI=1S/C27H35N5O3/c1-18(2)24-17-32(22-8-6-7-21(13-22)30(3)4)25(26(33)34)14-23(24)19-15-28-27(29-16-19)31(5)20-9-11-35-12-10-20/h6-8,13-16,18,20H,9-12,17H2,1-5H3,(H,33,34). The second kappa shape index (κ2) is 10.5. The van der Waals surface area contributed by atoms with Gasteiger partial charge in [-0.25, -0.2) is 14.8 Å². The van der Waals surface area contributed by atoms with Gasteiger partial charge in [0.05, 0.1) is 0 Å². The van der Waals surface area contributed by atoms with Gasteiger partial charge in [0.1, 0.15) is 5.70 Å². The van der Waals surface area contributed by atoms with Crippen LogP contribution in [0.5, 0.6) is 0 Å². The normalized spacial score (nSPS) is 17.0. The Morgan fingerprint density at radius 2 is 1.83 bits per heavy atom. The highest BCUT2D eigenvalue weighted by Gasteiger charge is 2.28. The van der Waals surface area contributed by atoms with Crippen molar-refractivity contribution < 1.29 is 14.6 Å². The molecule has 1 N–H and O–H groups in total. The van der Waals surface area contributed by atoms with Crippen molar-refractivity contribution in [1.29, 1.82) is 0 Å². The molecule has 0 atom stereocenters. The smallest absolute Gasteiger partial charge is 0.352 e. The molecule has 1 saturated heterocycles. The van der Waals surface area contributed by atoms with Crippen molar-refractivity contribution >= 4 is 28.9 Å². The maximum absolute atomic E-state index is 12.3. The molecule has 8 heteroatoms. The summed E-state index contributed by atoms with van der Waals surface area (Å²) in [5.41, 5.74) is 4.98. The van der Waals surface area contributed by atoms with Gasteiger partial charge >= 0.3 is 5.97 Å². The van der Waals surface area contributed by atoms with Crippen LogP contribution < -0.4 is 14.7 Å². The number of aliphatic carboxylic acids is 1. The van der Waals surface area contributed by atoms with Gasteiger partial charge in [-0.1, -0.05) is 19.9 Å². The monoisotopic (exact) mass is 477 g/mol. The molecular formula is C27H35N5O3. The first kappa shape index (κ1) is 24.7. The number of benzene rings is 1. The van der Waals surface area contributed by atoms with Crippen LogP contribution in [0.15, 0.2) is 54.0 Å². The number of hydrogen-bond donors (Lipinski definition) is 1. The minimum absolute atomic E-state index is 0.223. The topological polar surface area (TPSA) is 82.0 Å². The fraction of sp³-hybridized carbons (Fsp3) is 0.444. The molecule has 0 bridgehead atoms. The zero-order chi connectivity index (χ0) is 25.1. The predicted octanol–water partition coefficient (Wildman–Crippen LogP) is 4.06. The molecule has 0 saturated carbocycles. The van der Waals surface area contributed by atoms with E-state index in [0.717, 1.165) is 54.1 Å². The van der Waals surface area contributed by atoms with Gasteiger partial charge in [0.25, 0.3) is 0 Å². The average Bonchev–Trinajstić information content (AvgIpc) is 2.88. The summed E-state index contributed by atoms with van der Waals surface area (Å²) in [5, 5.41) is 10.1. The summed E-state index contributed by atoms with van der Waals surface area (Å²) in [4.78, 5) is 27.6. The highest BCUT2D eigenvalue weighted by Crippen LogP contribution is 2.36. The Kier molecular flexibility index (Phi) is 7.40. The summed E-state index contributed by atoms with van der Waals surface area (Å²) in [6.07, 6.45) is 7.31. The van der Waals surface area contributed by atoms with Gasteiger partial charge in [0, 0.05) is 76.3 Å². The number of carboxylic acids is 1. The molecule has 4 rings (SSSR count). The van der Waals surface area contributed by atoms with Crippen LogP contribution in [-0.2, 0) is 9.53 Å². The SMILES string of the molecule is CC(C)C1=C(c2cnc(N(C)C3CCOCC3)nc2)C=C(C(=O)O)N(c2cccc(N(C)C)c2)C1. The summed E-state index contributed by atoms with van der Waals surface area (Å²) in [6, 6.07) is 8.30. The Bertz CT molecular complexity index is 1120. The number of ether oxygens (including phenoxy) is 1. The van der Waals surface area contributed by atoms with Crippen LogP contribution >= 0.6 is 0 Å². The van der Waals surface area contributed by atoms with Crippen molar-refractivity contribution in [3.8, 4) is 0 Å². The number of allylic oxidation sites excluding steroid dienone is 2. The zero-order valence-electron chi connectivity index (χ0n) is 21.2. The molecule has 2 aliphatic rings. The molecule has 0 amide bonds. The highest BCUT2D eigenvalue weighted by molar-refractivity contribution is 5.97. The van der Waals surface area contributed by atoms with Gasteiger partial charge in [-0.05, 0) is 54.2 Å². The van der Waals surface area contributed by atoms with E-state index in [1.54, 1.807) is 6.08 Å². The molecule has 0 aliphatic carbocycles. The number of carboxylic acid groups (broad SMARTS) is 1. The third-order valence-corrected chi connectivity index (χ3v) is 6.82. The fourth-order valence-corrected chi connectivity index (χ4v) is 4.64. The van der Waals surface area contributed by atoms with Crippen molar-refractivity contribution in [3.05, 3.63) is 59.6 Å². The largest absolute Gasteiger partial charge is 0.477 e. The number of hydrogen-bond acceptors (Lipinski definition) is 7. The first-order chi connectivity index (χ1) is 16.8. The van der Waals surface area contributed by atoms with E-state index < -0.39 is 5.97 Å². The molecule has 1 aromatic heterocycles. The molecule has 2 aliphatic heterocycles. The van der Waals surface area contributed by atoms with Crippen molar-refractivity contribution in [2.24, 2.45) is 5.92 Å². The molecule has 1 fully saturated rings. The molecule has 35 heavy (non-hydrogen) atoms. The molecule has 8 nitrogen and oxygen atoms in total. The lowest BCUT2D eigenvalue weighted by molar-refractivity contribution is -0.132. The molecule has 0 radical (unpaired) electrons. The summed E-state index contributed by atoms with van der Waals surface area (Å²) in [7, 11) is 5.97. The average molecular weight is 478 g/mol. The predicted molar refractivity (Wildman–Crippen MR) is 140 cm³/mol. The van der Waals surface area contributed by atoms with Crippen LogP contribution in [0.4, 0.5) is 17.3 Å². The Morgan fingerprint density at radius 1 is 1.14 bits per heavy atom. The third-order valence-electron chi connectivity index (χ3n) is 6.82. The maximum atomic E-state index is 12.3. The number of aromatic nitrogens is 2. The lowest BCUT2D eigenvalue weighted by atomic mass is 9.89. The summed E-state index contributed by atoms with van der Waals surface area (Å²) in [5.74, 6) is -0.0641. The summed E-state index contributed by atoms with van der Waals surface area (Å²) in [6.45, 7) is 6.28. The van der Waals surface area contributed by atoms with Crippen LogP contribution in [0.3, 0.4) is 0 Å². The van der Waals surface area contributed by atoms with Gasteiger partial charge in [-0.2, -0.15) is 0 Å². The van der Waals surface area contributed by atoms with Crippen LogP contribution in [0, 0.1) is 5.92 Å². The van der Waals surface area contributed by atoms with Crippen LogP contribution in [0.1, 0.15) is 32.3 Å². The lowest BCUT2D eigenvalue weighted by Crippen LogP contribution is -2.37. The van der Waals surface area contributed by atoms with E-state index >= 15 is 0 Å². The minimum atomic E-state index is -0.961. The number of anilines is 3. The molecular weight excluding hydrogens is 442 g/mol. The zero-order valence-corrected chi connectivity index (χ0v) is 21.2. The lowest BCUT2D eigenvalue weighted by Gasteiger charge is -2.34. The second-order valence-corrected chi connectivity index (χ2v) is 9.65. The molecule has 0 spiro atoms. The van der Waals surface area contributed by atoms with E-state index in [1.807, 2.05) is 67.6 Å². The molecule has 1 aromatic carbocycles. The first-order valence-corrected chi connectivity index (χ1v) is 12.1. The molecule has 3 heterocycles. The fourth-order valence-electron chi connectivity index (χ4n) is 4.64. The van der Waals surface area contributed by atoms with Crippen LogP contribution in [0.25, 0.3) is 5.57 Å². The number of nitrogens with zero attached hydrogens (tertiary/aromatic N) is 5. The summed E-state index contributed by atoms with van der Waals surface area (Å²) >= 11 is 0. The minimum Gasteiger partial charge on any atom is -0.477 e. The van der Waals surface area contributed by atoms with Crippen LogP contribution in [-0.4, -0.2) is 68.0 Å². The van der Waals surface area contributed by atoms with E-state index in [0.29, 0.717) is 18.5 Å². The maximum Gasteiger partial charge on any atom is 0.352 e. The first-order valence-electron chi connectivity index (χ1n) is 12.1. The van der Waals surface area contributed by atoms with E-state index in [9.17, 15) is 9.90 Å². The molecule has 186 valence electrons. The van der Waals surface area contributed by atoms with Gasteiger partial charge in [0.2, 0.25) is 5.95 Å². The van der Waals surface area contributed by atoms with Crippen molar-refractivity contribution in [3.63, 3.8) is 0 Å². The molecule has 2 aromatic rings. The Balaban J connectivity index is 1.68.